The molecule has 2 aliphatic rings. The average molecular weight is 640 g/mol. The predicted molar refractivity (Wildman–Crippen MR) is 183 cm³/mol. The van der Waals surface area contributed by atoms with Crippen LogP contribution in [0.15, 0.2) is 69.9 Å². The summed E-state index contributed by atoms with van der Waals surface area (Å²) in [5, 5.41) is 5.80. The second-order valence-electron chi connectivity index (χ2n) is 13.0. The predicted octanol–water partition coefficient (Wildman–Crippen LogP) is 7.25. The van der Waals surface area contributed by atoms with Crippen molar-refractivity contribution in [2.75, 3.05) is 49.6 Å². The van der Waals surface area contributed by atoms with Crippen LogP contribution in [0.2, 0.25) is 0 Å². The van der Waals surface area contributed by atoms with Crippen molar-refractivity contribution < 1.29 is 23.5 Å². The van der Waals surface area contributed by atoms with Crippen LogP contribution in [0.3, 0.4) is 0 Å². The van der Waals surface area contributed by atoms with Crippen LogP contribution in [0.4, 0.5) is 16.4 Å². The van der Waals surface area contributed by atoms with E-state index in [0.29, 0.717) is 69.1 Å². The SMILES string of the molecule is CC(C)(C)OC(=O)N1CCC(C(=O)Nc2ccc3sc4c(-c5cccc6c(=O)cc(N7CCOCC7)oc56)cccc4c3c2)CC1. The number of carbonyl (C=O) groups excluding carboxylic acids is 2. The standard InChI is InChI=1S/C36H37N3O6S/c1-36(2,3)45-35(42)39-14-12-22(13-15-39)34(41)37-23-10-11-30-28(20-23)26-8-5-7-25(33(26)46-30)24-6-4-9-27-29(40)21-31(44-32(24)27)38-16-18-43-19-17-38/h4-11,20-22H,12-19H2,1-3H3,(H,37,41). The fourth-order valence-electron chi connectivity index (χ4n) is 6.30. The molecule has 10 heteroatoms. The molecule has 2 amide bonds. The Morgan fingerprint density at radius 3 is 2.35 bits per heavy atom. The first kappa shape index (κ1) is 30.3. The Morgan fingerprint density at radius 2 is 1.61 bits per heavy atom. The number of anilines is 2. The molecule has 0 spiro atoms. The number of hydrogen-bond acceptors (Lipinski definition) is 8. The number of piperidine rings is 1. The van der Waals surface area contributed by atoms with Crippen molar-refractivity contribution in [3.8, 4) is 11.1 Å². The van der Waals surface area contributed by atoms with Crippen molar-refractivity contribution in [1.29, 1.82) is 0 Å². The summed E-state index contributed by atoms with van der Waals surface area (Å²) < 4.78 is 19.6. The van der Waals surface area contributed by atoms with Crippen LogP contribution >= 0.6 is 11.3 Å². The highest BCUT2D eigenvalue weighted by Crippen LogP contribution is 2.42. The molecule has 0 atom stereocenters. The zero-order valence-electron chi connectivity index (χ0n) is 26.3. The molecule has 9 nitrogen and oxygen atoms in total. The number of para-hydroxylation sites is 1. The smallest absolute Gasteiger partial charge is 0.410 e. The number of nitrogens with zero attached hydrogens (tertiary/aromatic N) is 2. The lowest BCUT2D eigenvalue weighted by Crippen LogP contribution is -2.43. The minimum Gasteiger partial charge on any atom is -0.444 e. The molecule has 0 aliphatic carbocycles. The van der Waals surface area contributed by atoms with Crippen LogP contribution in [0.1, 0.15) is 33.6 Å². The second kappa shape index (κ2) is 12.1. The maximum Gasteiger partial charge on any atom is 0.410 e. The zero-order chi connectivity index (χ0) is 32.0. The summed E-state index contributed by atoms with van der Waals surface area (Å²) in [5.41, 5.74) is 2.56. The molecule has 46 heavy (non-hydrogen) atoms. The maximum atomic E-state index is 13.3. The molecule has 2 fully saturated rings. The molecular weight excluding hydrogens is 602 g/mol. The number of benzene rings is 3. The van der Waals surface area contributed by atoms with Crippen molar-refractivity contribution in [3.05, 3.63) is 70.9 Å². The van der Waals surface area contributed by atoms with E-state index in [4.69, 9.17) is 13.9 Å². The van der Waals surface area contributed by atoms with Crippen molar-refractivity contribution in [2.45, 2.75) is 39.2 Å². The number of ether oxygens (including phenoxy) is 2. The van der Waals surface area contributed by atoms with Gasteiger partial charge >= 0.3 is 6.09 Å². The Bertz CT molecular complexity index is 2010. The van der Waals surface area contributed by atoms with Gasteiger partial charge in [-0.15, -0.1) is 11.3 Å². The molecule has 4 heterocycles. The van der Waals surface area contributed by atoms with Crippen LogP contribution < -0.4 is 15.6 Å². The maximum absolute atomic E-state index is 13.3. The summed E-state index contributed by atoms with van der Waals surface area (Å²) in [4.78, 5) is 42.6. The van der Waals surface area contributed by atoms with E-state index >= 15 is 0 Å². The van der Waals surface area contributed by atoms with Gasteiger partial charge in [0.1, 0.15) is 11.2 Å². The van der Waals surface area contributed by atoms with Gasteiger partial charge in [0.2, 0.25) is 5.91 Å². The number of nitrogens with one attached hydrogen (secondary N) is 1. The van der Waals surface area contributed by atoms with E-state index in [-0.39, 0.29) is 23.3 Å². The Hall–Kier alpha value is -4.41. The summed E-state index contributed by atoms with van der Waals surface area (Å²) in [6.45, 7) is 9.08. The van der Waals surface area contributed by atoms with Gasteiger partial charge in [0.25, 0.3) is 0 Å². The molecule has 2 aromatic heterocycles. The highest BCUT2D eigenvalue weighted by molar-refractivity contribution is 7.26. The summed E-state index contributed by atoms with van der Waals surface area (Å²) in [6.07, 6.45) is 0.850. The topological polar surface area (TPSA) is 101 Å². The lowest BCUT2D eigenvalue weighted by molar-refractivity contribution is -0.121. The van der Waals surface area contributed by atoms with Gasteiger partial charge in [-0.25, -0.2) is 4.79 Å². The number of fused-ring (bicyclic) bond motifs is 4. The summed E-state index contributed by atoms with van der Waals surface area (Å²) in [7, 11) is 0. The highest BCUT2D eigenvalue weighted by atomic mass is 32.1. The second-order valence-corrected chi connectivity index (χ2v) is 14.0. The highest BCUT2D eigenvalue weighted by Gasteiger charge is 2.30. The molecule has 5 aromatic rings. The Morgan fingerprint density at radius 1 is 0.891 bits per heavy atom. The van der Waals surface area contributed by atoms with Gasteiger partial charge in [-0.2, -0.15) is 0 Å². The van der Waals surface area contributed by atoms with E-state index in [1.165, 1.54) is 0 Å². The summed E-state index contributed by atoms with van der Waals surface area (Å²) >= 11 is 1.68. The average Bonchev–Trinajstić information content (AvgIpc) is 3.42. The van der Waals surface area contributed by atoms with Crippen LogP contribution in [0.25, 0.3) is 42.3 Å². The fraction of sp³-hybridized carbons (Fsp3) is 0.361. The first-order valence-corrected chi connectivity index (χ1v) is 16.6. The number of morpholine rings is 1. The van der Waals surface area contributed by atoms with Crippen LogP contribution in [-0.2, 0) is 14.3 Å². The van der Waals surface area contributed by atoms with E-state index < -0.39 is 5.60 Å². The minimum atomic E-state index is -0.548. The normalized spacial score (nSPS) is 16.3. The van der Waals surface area contributed by atoms with E-state index in [9.17, 15) is 14.4 Å². The fourth-order valence-corrected chi connectivity index (χ4v) is 7.51. The van der Waals surface area contributed by atoms with Gasteiger partial charge in [0, 0.05) is 75.1 Å². The largest absolute Gasteiger partial charge is 0.444 e. The van der Waals surface area contributed by atoms with E-state index in [0.717, 1.165) is 37.0 Å². The van der Waals surface area contributed by atoms with E-state index in [1.807, 2.05) is 63.2 Å². The Balaban J connectivity index is 1.16. The molecule has 0 saturated carbocycles. The number of carbonyl (C=O) groups is 2. The number of rotatable bonds is 4. The molecule has 1 N–H and O–H groups in total. The van der Waals surface area contributed by atoms with Crippen LogP contribution in [0, 0.1) is 5.92 Å². The molecule has 238 valence electrons. The molecule has 0 bridgehead atoms. The van der Waals surface area contributed by atoms with Crippen LogP contribution in [-0.4, -0.2) is 61.9 Å². The van der Waals surface area contributed by atoms with Gasteiger partial charge in [0.15, 0.2) is 11.3 Å². The molecule has 3 aromatic carbocycles. The van der Waals surface area contributed by atoms with Crippen molar-refractivity contribution in [2.24, 2.45) is 5.92 Å². The molecule has 7 rings (SSSR count). The molecule has 0 unspecified atom stereocenters. The number of amides is 2. The first-order chi connectivity index (χ1) is 22.1. The van der Waals surface area contributed by atoms with E-state index in [2.05, 4.69) is 22.3 Å². The summed E-state index contributed by atoms with van der Waals surface area (Å²) in [6, 6.07) is 19.5. The van der Waals surface area contributed by atoms with E-state index in [1.54, 1.807) is 22.3 Å². The molecule has 2 aliphatic heterocycles. The van der Waals surface area contributed by atoms with Gasteiger partial charge < -0.3 is 29.0 Å². The monoisotopic (exact) mass is 639 g/mol. The first-order valence-electron chi connectivity index (χ1n) is 15.8. The number of thiophene rings is 1. The van der Waals surface area contributed by atoms with Gasteiger partial charge in [-0.3, -0.25) is 9.59 Å². The van der Waals surface area contributed by atoms with Gasteiger partial charge in [0.05, 0.1) is 18.6 Å². The number of hydrogen-bond donors (Lipinski definition) is 1. The third-order valence-corrected chi connectivity index (χ3v) is 9.86. The third-order valence-electron chi connectivity index (χ3n) is 8.64. The van der Waals surface area contributed by atoms with Crippen LogP contribution in [0.5, 0.6) is 0 Å². The van der Waals surface area contributed by atoms with Crippen molar-refractivity contribution in [3.63, 3.8) is 0 Å². The molecule has 2 saturated heterocycles. The molecular formula is C36H37N3O6S. The third kappa shape index (κ3) is 5.94. The number of likely N-dealkylation sites (tertiary alicyclic amines) is 1. The minimum absolute atomic E-state index is 0.0368. The van der Waals surface area contributed by atoms with Crippen molar-refractivity contribution >= 4 is 66.1 Å². The van der Waals surface area contributed by atoms with Gasteiger partial charge in [-0.05, 0) is 57.9 Å². The lowest BCUT2D eigenvalue weighted by atomic mass is 9.96. The zero-order valence-corrected chi connectivity index (χ0v) is 27.1. The van der Waals surface area contributed by atoms with Gasteiger partial charge in [-0.1, -0.05) is 30.3 Å². The summed E-state index contributed by atoms with van der Waals surface area (Å²) in [5.74, 6) is 0.349. The Kier molecular flexibility index (Phi) is 7.94. The Labute approximate surface area is 270 Å². The quantitative estimate of drug-likeness (QED) is 0.221. The lowest BCUT2D eigenvalue weighted by Gasteiger charge is -2.32. The molecule has 0 radical (unpaired) electrons. The van der Waals surface area contributed by atoms with Crippen molar-refractivity contribution in [1.82, 2.24) is 4.90 Å².